The van der Waals surface area contributed by atoms with Crippen molar-refractivity contribution in [2.45, 2.75) is 6.61 Å². The number of hydrogen-bond donors (Lipinski definition) is 1. The first-order valence-electron chi connectivity index (χ1n) is 5.61. The van der Waals surface area contributed by atoms with Crippen LogP contribution in [-0.4, -0.2) is 7.11 Å². The van der Waals surface area contributed by atoms with Crippen LogP contribution in [0.15, 0.2) is 45.3 Å². The molecule has 19 heavy (non-hydrogen) atoms. The fourth-order valence-electron chi connectivity index (χ4n) is 1.68. The second-order valence-corrected chi connectivity index (χ2v) is 5.62. The first-order chi connectivity index (χ1) is 9.11. The second-order valence-electron chi connectivity index (χ2n) is 3.91. The van der Waals surface area contributed by atoms with Crippen molar-refractivity contribution < 1.29 is 9.47 Å². The van der Waals surface area contributed by atoms with Gasteiger partial charge in [-0.25, -0.2) is 0 Å². The van der Waals surface area contributed by atoms with E-state index in [1.807, 2.05) is 30.3 Å². The van der Waals surface area contributed by atoms with Gasteiger partial charge in [-0.15, -0.1) is 0 Å². The molecule has 0 heterocycles. The third kappa shape index (κ3) is 3.42. The van der Waals surface area contributed by atoms with E-state index >= 15 is 0 Å². The second kappa shape index (κ2) is 6.30. The highest BCUT2D eigenvalue weighted by molar-refractivity contribution is 9.11. The third-order valence-electron chi connectivity index (χ3n) is 2.60. The Kier molecular flexibility index (Phi) is 4.71. The molecule has 0 saturated carbocycles. The normalized spacial score (nSPS) is 10.3. The molecule has 5 heteroatoms. The topological polar surface area (TPSA) is 44.5 Å². The van der Waals surface area contributed by atoms with Crippen LogP contribution in [0.4, 0.5) is 5.69 Å². The molecule has 0 bridgehead atoms. The largest absolute Gasteiger partial charge is 0.496 e. The number of nitrogens with two attached hydrogens (primary N) is 1. The maximum absolute atomic E-state index is 5.82. The summed E-state index contributed by atoms with van der Waals surface area (Å²) in [5.74, 6) is 1.52. The first kappa shape index (κ1) is 14.2. The molecule has 0 aliphatic rings. The summed E-state index contributed by atoms with van der Waals surface area (Å²) >= 11 is 6.92. The summed E-state index contributed by atoms with van der Waals surface area (Å²) in [7, 11) is 1.63. The quantitative estimate of drug-likeness (QED) is 0.793. The van der Waals surface area contributed by atoms with Crippen LogP contribution >= 0.6 is 31.9 Å². The molecule has 0 unspecified atom stereocenters. The van der Waals surface area contributed by atoms with Crippen LogP contribution in [-0.2, 0) is 6.61 Å². The van der Waals surface area contributed by atoms with Crippen molar-refractivity contribution in [1.82, 2.24) is 0 Å². The van der Waals surface area contributed by atoms with E-state index in [0.717, 1.165) is 26.0 Å². The Labute approximate surface area is 129 Å². The molecule has 0 saturated heterocycles. The molecule has 0 atom stereocenters. The van der Waals surface area contributed by atoms with Crippen LogP contribution in [0.5, 0.6) is 11.5 Å². The Morgan fingerprint density at radius 3 is 2.42 bits per heavy atom. The third-order valence-corrected chi connectivity index (χ3v) is 3.84. The van der Waals surface area contributed by atoms with E-state index in [9.17, 15) is 0 Å². The van der Waals surface area contributed by atoms with Gasteiger partial charge < -0.3 is 15.2 Å². The molecular weight excluding hydrogens is 374 g/mol. The highest BCUT2D eigenvalue weighted by Gasteiger charge is 2.09. The van der Waals surface area contributed by atoms with Gasteiger partial charge in [0.15, 0.2) is 0 Å². The summed E-state index contributed by atoms with van der Waals surface area (Å²) in [6.07, 6.45) is 0. The minimum absolute atomic E-state index is 0.384. The van der Waals surface area contributed by atoms with E-state index in [0.29, 0.717) is 12.3 Å². The lowest BCUT2D eigenvalue weighted by Gasteiger charge is -2.13. The maximum Gasteiger partial charge on any atom is 0.148 e. The molecule has 100 valence electrons. The number of hydrogen-bond acceptors (Lipinski definition) is 3. The van der Waals surface area contributed by atoms with Crippen LogP contribution in [0.2, 0.25) is 0 Å². The summed E-state index contributed by atoms with van der Waals surface area (Å²) in [5.41, 5.74) is 7.37. The average Bonchev–Trinajstić information content (AvgIpc) is 2.38. The van der Waals surface area contributed by atoms with Crippen molar-refractivity contribution >= 4 is 37.5 Å². The minimum atomic E-state index is 0.384. The highest BCUT2D eigenvalue weighted by Crippen LogP contribution is 2.34. The fraction of sp³-hybridized carbons (Fsp3) is 0.143. The summed E-state index contributed by atoms with van der Waals surface area (Å²) in [4.78, 5) is 0. The molecule has 0 amide bonds. The molecule has 0 aliphatic heterocycles. The van der Waals surface area contributed by atoms with Gasteiger partial charge in [0.05, 0.1) is 16.1 Å². The van der Waals surface area contributed by atoms with Crippen LogP contribution in [0.25, 0.3) is 0 Å². The van der Waals surface area contributed by atoms with E-state index in [1.54, 1.807) is 13.2 Å². The van der Waals surface area contributed by atoms with Crippen molar-refractivity contribution in [2.75, 3.05) is 12.8 Å². The zero-order valence-corrected chi connectivity index (χ0v) is 13.5. The predicted molar refractivity (Wildman–Crippen MR) is 83.6 cm³/mol. The summed E-state index contributed by atoms with van der Waals surface area (Å²) in [5, 5.41) is 0. The number of nitrogen functional groups attached to an aromatic ring is 1. The fourth-order valence-corrected chi connectivity index (χ4v) is 2.91. The molecule has 0 spiro atoms. The number of anilines is 1. The monoisotopic (exact) mass is 385 g/mol. The van der Waals surface area contributed by atoms with Crippen molar-refractivity contribution in [3.63, 3.8) is 0 Å². The number of rotatable bonds is 4. The Balaban J connectivity index is 2.21. The van der Waals surface area contributed by atoms with Crippen LogP contribution in [0.3, 0.4) is 0 Å². The Hall–Kier alpha value is -1.20. The number of para-hydroxylation sites is 1. The van der Waals surface area contributed by atoms with Gasteiger partial charge in [0.25, 0.3) is 0 Å². The smallest absolute Gasteiger partial charge is 0.148 e. The average molecular weight is 387 g/mol. The van der Waals surface area contributed by atoms with Crippen molar-refractivity contribution in [3.05, 3.63) is 50.9 Å². The molecule has 2 rings (SSSR count). The Bertz CT molecular complexity index is 567. The van der Waals surface area contributed by atoms with Gasteiger partial charge in [-0.2, -0.15) is 0 Å². The zero-order valence-electron chi connectivity index (χ0n) is 10.3. The maximum atomic E-state index is 5.82. The molecular formula is C14H13Br2NO2. The Morgan fingerprint density at radius 1 is 1.11 bits per heavy atom. The summed E-state index contributed by atoms with van der Waals surface area (Å²) < 4.78 is 12.9. The summed E-state index contributed by atoms with van der Waals surface area (Å²) in [6, 6.07) is 11.3. The van der Waals surface area contributed by atoms with Gasteiger partial charge in [-0.1, -0.05) is 6.07 Å². The van der Waals surface area contributed by atoms with Gasteiger partial charge in [0, 0.05) is 11.3 Å². The lowest BCUT2D eigenvalue weighted by atomic mass is 10.2. The highest BCUT2D eigenvalue weighted by atomic mass is 79.9. The SMILES string of the molecule is COc1ccc(N)cc1COc1c(Br)cccc1Br. The van der Waals surface area contributed by atoms with Crippen molar-refractivity contribution in [2.24, 2.45) is 0 Å². The first-order valence-corrected chi connectivity index (χ1v) is 7.19. The molecule has 0 radical (unpaired) electrons. The standard InChI is InChI=1S/C14H13Br2NO2/c1-18-13-6-5-10(17)7-9(13)8-19-14-11(15)3-2-4-12(14)16/h2-7H,8,17H2,1H3. The lowest BCUT2D eigenvalue weighted by molar-refractivity contribution is 0.293. The van der Waals surface area contributed by atoms with Gasteiger partial charge in [0.1, 0.15) is 18.1 Å². The van der Waals surface area contributed by atoms with Gasteiger partial charge in [-0.3, -0.25) is 0 Å². The molecule has 0 aromatic heterocycles. The lowest BCUT2D eigenvalue weighted by Crippen LogP contribution is -2.01. The van der Waals surface area contributed by atoms with E-state index < -0.39 is 0 Å². The van der Waals surface area contributed by atoms with E-state index in [4.69, 9.17) is 15.2 Å². The van der Waals surface area contributed by atoms with E-state index in [-0.39, 0.29) is 0 Å². The van der Waals surface area contributed by atoms with Crippen LogP contribution in [0.1, 0.15) is 5.56 Å². The number of halogens is 2. The molecule has 0 fully saturated rings. The molecule has 2 aromatic rings. The van der Waals surface area contributed by atoms with Crippen LogP contribution in [0, 0.1) is 0 Å². The van der Waals surface area contributed by atoms with Gasteiger partial charge in [0.2, 0.25) is 0 Å². The Morgan fingerprint density at radius 2 is 1.79 bits per heavy atom. The molecule has 3 nitrogen and oxygen atoms in total. The van der Waals surface area contributed by atoms with Gasteiger partial charge >= 0.3 is 0 Å². The zero-order chi connectivity index (χ0) is 13.8. The predicted octanol–water partition coefficient (Wildman–Crippen LogP) is 4.38. The molecule has 0 aliphatic carbocycles. The molecule has 2 aromatic carbocycles. The van der Waals surface area contributed by atoms with Crippen molar-refractivity contribution in [1.29, 1.82) is 0 Å². The summed E-state index contributed by atoms with van der Waals surface area (Å²) in [6.45, 7) is 0.384. The van der Waals surface area contributed by atoms with E-state index in [2.05, 4.69) is 31.9 Å². The number of methoxy groups -OCH3 is 1. The van der Waals surface area contributed by atoms with Crippen molar-refractivity contribution in [3.8, 4) is 11.5 Å². The number of benzene rings is 2. The molecule has 2 N–H and O–H groups in total. The van der Waals surface area contributed by atoms with Crippen LogP contribution < -0.4 is 15.2 Å². The van der Waals surface area contributed by atoms with E-state index in [1.165, 1.54) is 0 Å². The number of ether oxygens (including phenoxy) is 2. The van der Waals surface area contributed by atoms with Gasteiger partial charge in [-0.05, 0) is 62.2 Å². The minimum Gasteiger partial charge on any atom is -0.496 e.